The lowest BCUT2D eigenvalue weighted by Gasteiger charge is -2.40. The maximum atomic E-state index is 12.3. The van der Waals surface area contributed by atoms with Crippen molar-refractivity contribution in [3.8, 4) is 0 Å². The van der Waals surface area contributed by atoms with Crippen molar-refractivity contribution in [2.24, 2.45) is 5.73 Å². The lowest BCUT2D eigenvalue weighted by Crippen LogP contribution is -2.59. The highest BCUT2D eigenvalue weighted by molar-refractivity contribution is 5.71. The van der Waals surface area contributed by atoms with E-state index in [-0.39, 0.29) is 19.2 Å². The van der Waals surface area contributed by atoms with E-state index in [1.54, 1.807) is 9.80 Å². The highest BCUT2D eigenvalue weighted by Gasteiger charge is 2.34. The fourth-order valence-electron chi connectivity index (χ4n) is 2.59. The van der Waals surface area contributed by atoms with Crippen LogP contribution in [0.15, 0.2) is 30.3 Å². The molecule has 0 bridgehead atoms. The van der Waals surface area contributed by atoms with Crippen LogP contribution in [-0.2, 0) is 16.1 Å². The molecule has 1 heterocycles. The highest BCUT2D eigenvalue weighted by atomic mass is 16.6. The average Bonchev–Trinajstić information content (AvgIpc) is 2.58. The first kappa shape index (κ1) is 19.1. The molecule has 1 aliphatic rings. The number of hydrogen-bond acceptors (Lipinski definition) is 5. The van der Waals surface area contributed by atoms with Crippen molar-refractivity contribution in [1.29, 1.82) is 0 Å². The number of ether oxygens (including phenoxy) is 2. The molecule has 25 heavy (non-hydrogen) atoms. The van der Waals surface area contributed by atoms with Crippen LogP contribution in [0.5, 0.6) is 0 Å². The van der Waals surface area contributed by atoms with E-state index in [0.717, 1.165) is 5.56 Å². The maximum absolute atomic E-state index is 12.3. The minimum atomic E-state index is -0.567. The molecule has 1 aromatic carbocycles. The number of nitrogens with zero attached hydrogens (tertiary/aromatic N) is 2. The van der Waals surface area contributed by atoms with Gasteiger partial charge in [-0.05, 0) is 26.3 Å². The number of nitrogens with two attached hydrogens (primary N) is 1. The number of carbonyl (C=O) groups excluding carboxylic acids is 2. The molecule has 1 aliphatic heterocycles. The summed E-state index contributed by atoms with van der Waals surface area (Å²) in [5.74, 6) is 0. The third kappa shape index (κ3) is 5.63. The summed E-state index contributed by atoms with van der Waals surface area (Å²) < 4.78 is 10.8. The van der Waals surface area contributed by atoms with Gasteiger partial charge in [0.1, 0.15) is 12.2 Å². The summed E-state index contributed by atoms with van der Waals surface area (Å²) in [4.78, 5) is 27.7. The number of carbonyl (C=O) groups is 2. The Kier molecular flexibility index (Phi) is 6.25. The number of amides is 2. The predicted octanol–water partition coefficient (Wildman–Crippen LogP) is 2.20. The standard InChI is InChI=1S/C18H27N3O4/c1-18(2,3)25-17(23)21-10-9-20(12-15(21)11-19)16(22)24-13-14-7-5-4-6-8-14/h4-8,15H,9-13,19H2,1-3H3. The van der Waals surface area contributed by atoms with Crippen molar-refractivity contribution in [2.75, 3.05) is 26.2 Å². The van der Waals surface area contributed by atoms with Gasteiger partial charge in [0.05, 0.1) is 6.04 Å². The number of rotatable bonds is 3. The molecule has 2 amide bonds. The molecule has 0 aromatic heterocycles. The molecule has 1 fully saturated rings. The summed E-state index contributed by atoms with van der Waals surface area (Å²) in [5.41, 5.74) is 6.16. The van der Waals surface area contributed by atoms with Crippen LogP contribution in [0.2, 0.25) is 0 Å². The van der Waals surface area contributed by atoms with Crippen LogP contribution in [0.1, 0.15) is 26.3 Å². The summed E-state index contributed by atoms with van der Waals surface area (Å²) in [6.45, 7) is 7.03. The molecule has 0 spiro atoms. The van der Waals surface area contributed by atoms with Gasteiger partial charge in [-0.15, -0.1) is 0 Å². The van der Waals surface area contributed by atoms with Gasteiger partial charge in [-0.1, -0.05) is 30.3 Å². The minimum absolute atomic E-state index is 0.221. The van der Waals surface area contributed by atoms with Crippen LogP contribution < -0.4 is 5.73 Å². The van der Waals surface area contributed by atoms with Gasteiger partial charge in [-0.2, -0.15) is 0 Å². The summed E-state index contributed by atoms with van der Waals surface area (Å²) >= 11 is 0. The molecular formula is C18H27N3O4. The predicted molar refractivity (Wildman–Crippen MR) is 94.0 cm³/mol. The molecule has 138 valence electrons. The van der Waals surface area contributed by atoms with E-state index in [2.05, 4.69) is 0 Å². The number of hydrogen-bond donors (Lipinski definition) is 1. The first-order valence-corrected chi connectivity index (χ1v) is 8.45. The quantitative estimate of drug-likeness (QED) is 0.904. The van der Waals surface area contributed by atoms with Crippen LogP contribution in [0.4, 0.5) is 9.59 Å². The zero-order valence-electron chi connectivity index (χ0n) is 15.1. The van der Waals surface area contributed by atoms with E-state index in [4.69, 9.17) is 15.2 Å². The normalized spacial score (nSPS) is 18.0. The molecule has 7 heteroatoms. The van der Waals surface area contributed by atoms with E-state index >= 15 is 0 Å². The van der Waals surface area contributed by atoms with Gasteiger partial charge in [0.2, 0.25) is 0 Å². The second kappa shape index (κ2) is 8.20. The number of benzene rings is 1. The minimum Gasteiger partial charge on any atom is -0.445 e. The van der Waals surface area contributed by atoms with Crippen molar-refractivity contribution in [3.05, 3.63) is 35.9 Å². The van der Waals surface area contributed by atoms with Gasteiger partial charge in [-0.3, -0.25) is 0 Å². The Morgan fingerprint density at radius 2 is 1.84 bits per heavy atom. The molecule has 7 nitrogen and oxygen atoms in total. The van der Waals surface area contributed by atoms with Gasteiger partial charge in [0, 0.05) is 26.2 Å². The molecule has 1 atom stereocenters. The van der Waals surface area contributed by atoms with Gasteiger partial charge < -0.3 is 25.0 Å². The summed E-state index contributed by atoms with van der Waals surface area (Å²) in [6, 6.07) is 9.22. The molecule has 1 unspecified atom stereocenters. The zero-order valence-corrected chi connectivity index (χ0v) is 15.1. The Balaban J connectivity index is 1.89. The van der Waals surface area contributed by atoms with E-state index in [1.165, 1.54) is 0 Å². The largest absolute Gasteiger partial charge is 0.445 e. The molecule has 2 N–H and O–H groups in total. The summed E-state index contributed by atoms with van der Waals surface area (Å²) in [6.07, 6.45) is -0.800. The van der Waals surface area contributed by atoms with Crippen LogP contribution in [0.25, 0.3) is 0 Å². The third-order valence-electron chi connectivity index (χ3n) is 3.85. The SMILES string of the molecule is CC(C)(C)OC(=O)N1CCN(C(=O)OCc2ccccc2)CC1CN. The van der Waals surface area contributed by atoms with Crippen molar-refractivity contribution in [3.63, 3.8) is 0 Å². The lowest BCUT2D eigenvalue weighted by molar-refractivity contribution is -0.00177. The number of piperazine rings is 1. The molecule has 2 rings (SSSR count). The molecular weight excluding hydrogens is 322 g/mol. The Hall–Kier alpha value is -2.28. The smallest absolute Gasteiger partial charge is 0.410 e. The van der Waals surface area contributed by atoms with Crippen molar-refractivity contribution >= 4 is 12.2 Å². The Morgan fingerprint density at radius 1 is 1.16 bits per heavy atom. The van der Waals surface area contributed by atoms with Gasteiger partial charge in [0.25, 0.3) is 0 Å². The van der Waals surface area contributed by atoms with Crippen LogP contribution >= 0.6 is 0 Å². The second-order valence-corrected chi connectivity index (χ2v) is 7.05. The van der Waals surface area contributed by atoms with E-state index in [0.29, 0.717) is 19.6 Å². The van der Waals surface area contributed by atoms with Crippen molar-refractivity contribution in [1.82, 2.24) is 9.80 Å². The summed E-state index contributed by atoms with van der Waals surface area (Å²) in [5, 5.41) is 0. The maximum Gasteiger partial charge on any atom is 0.410 e. The monoisotopic (exact) mass is 349 g/mol. The average molecular weight is 349 g/mol. The summed E-state index contributed by atoms with van der Waals surface area (Å²) in [7, 11) is 0. The van der Waals surface area contributed by atoms with Crippen molar-refractivity contribution < 1.29 is 19.1 Å². The fourth-order valence-corrected chi connectivity index (χ4v) is 2.59. The Bertz CT molecular complexity index is 586. The van der Waals surface area contributed by atoms with Gasteiger partial charge >= 0.3 is 12.2 Å². The molecule has 0 aliphatic carbocycles. The third-order valence-corrected chi connectivity index (χ3v) is 3.85. The van der Waals surface area contributed by atoms with Gasteiger partial charge in [-0.25, -0.2) is 9.59 Å². The molecule has 1 saturated heterocycles. The molecule has 0 saturated carbocycles. The van der Waals surface area contributed by atoms with E-state index in [9.17, 15) is 9.59 Å². The van der Waals surface area contributed by atoms with E-state index < -0.39 is 17.8 Å². The Labute approximate surface area is 148 Å². The fraction of sp³-hybridized carbons (Fsp3) is 0.556. The van der Waals surface area contributed by atoms with Crippen LogP contribution in [0, 0.1) is 0 Å². The highest BCUT2D eigenvalue weighted by Crippen LogP contribution is 2.16. The Morgan fingerprint density at radius 3 is 2.44 bits per heavy atom. The van der Waals surface area contributed by atoms with Gasteiger partial charge in [0.15, 0.2) is 0 Å². The van der Waals surface area contributed by atoms with Crippen LogP contribution in [-0.4, -0.2) is 59.8 Å². The zero-order chi connectivity index (χ0) is 18.4. The van der Waals surface area contributed by atoms with E-state index in [1.807, 2.05) is 51.1 Å². The van der Waals surface area contributed by atoms with Crippen molar-refractivity contribution in [2.45, 2.75) is 39.0 Å². The topological polar surface area (TPSA) is 85.1 Å². The molecule has 1 aromatic rings. The lowest BCUT2D eigenvalue weighted by atomic mass is 10.1. The first-order chi connectivity index (χ1) is 11.8. The molecule has 0 radical (unpaired) electrons. The first-order valence-electron chi connectivity index (χ1n) is 8.45. The second-order valence-electron chi connectivity index (χ2n) is 7.05. The van der Waals surface area contributed by atoms with Crippen LogP contribution in [0.3, 0.4) is 0 Å².